The minimum Gasteiger partial charge on any atom is -0.366 e. The van der Waals surface area contributed by atoms with Crippen LogP contribution < -0.4 is 5.73 Å². The van der Waals surface area contributed by atoms with Crippen LogP contribution in [0.25, 0.3) is 5.69 Å². The van der Waals surface area contributed by atoms with Crippen LogP contribution in [-0.4, -0.2) is 14.8 Å². The van der Waals surface area contributed by atoms with Gasteiger partial charge in [0, 0.05) is 5.02 Å². The first-order valence-electron chi connectivity index (χ1n) is 3.79. The van der Waals surface area contributed by atoms with Gasteiger partial charge in [0.05, 0.1) is 10.7 Å². The van der Waals surface area contributed by atoms with Crippen molar-refractivity contribution in [2.75, 3.05) is 5.73 Å². The SMILES string of the molecule is Nc1ncn(-c2cc(Cl)ccc2Cl)n1. The molecule has 0 unspecified atom stereocenters. The van der Waals surface area contributed by atoms with Crippen molar-refractivity contribution in [3.63, 3.8) is 0 Å². The van der Waals surface area contributed by atoms with Gasteiger partial charge in [0.2, 0.25) is 5.95 Å². The van der Waals surface area contributed by atoms with E-state index in [1.807, 2.05) is 0 Å². The second kappa shape index (κ2) is 3.48. The van der Waals surface area contributed by atoms with E-state index in [-0.39, 0.29) is 5.95 Å². The maximum Gasteiger partial charge on any atom is 0.239 e. The Kier molecular flexibility index (Phi) is 2.31. The summed E-state index contributed by atoms with van der Waals surface area (Å²) in [4.78, 5) is 3.79. The van der Waals surface area contributed by atoms with Crippen molar-refractivity contribution in [1.82, 2.24) is 14.8 Å². The van der Waals surface area contributed by atoms with Crippen molar-refractivity contribution < 1.29 is 0 Å². The summed E-state index contributed by atoms with van der Waals surface area (Å²) in [5.74, 6) is 0.195. The van der Waals surface area contributed by atoms with Gasteiger partial charge in [0.1, 0.15) is 6.33 Å². The van der Waals surface area contributed by atoms with Crippen molar-refractivity contribution in [3.05, 3.63) is 34.6 Å². The predicted molar refractivity (Wildman–Crippen MR) is 55.8 cm³/mol. The smallest absolute Gasteiger partial charge is 0.239 e. The zero-order chi connectivity index (χ0) is 10.1. The summed E-state index contributed by atoms with van der Waals surface area (Å²) in [6.45, 7) is 0. The summed E-state index contributed by atoms with van der Waals surface area (Å²) in [5.41, 5.74) is 6.04. The fraction of sp³-hybridized carbons (Fsp3) is 0. The molecule has 0 aliphatic carbocycles. The molecule has 4 nitrogen and oxygen atoms in total. The van der Waals surface area contributed by atoms with E-state index in [4.69, 9.17) is 28.9 Å². The Morgan fingerprint density at radius 1 is 1.29 bits per heavy atom. The molecule has 0 amide bonds. The monoisotopic (exact) mass is 228 g/mol. The first kappa shape index (κ1) is 9.30. The standard InChI is InChI=1S/C8H6Cl2N4/c9-5-1-2-6(10)7(3-5)14-4-12-8(11)13-14/h1-4H,(H2,11,13). The Labute approximate surface area is 90.3 Å². The highest BCUT2D eigenvalue weighted by Crippen LogP contribution is 2.23. The highest BCUT2D eigenvalue weighted by atomic mass is 35.5. The van der Waals surface area contributed by atoms with Gasteiger partial charge in [0.25, 0.3) is 0 Å². The molecule has 0 saturated carbocycles. The van der Waals surface area contributed by atoms with Crippen molar-refractivity contribution in [2.45, 2.75) is 0 Å². The molecule has 0 fully saturated rings. The largest absolute Gasteiger partial charge is 0.366 e. The van der Waals surface area contributed by atoms with Crippen LogP contribution in [0.4, 0.5) is 5.95 Å². The highest BCUT2D eigenvalue weighted by molar-refractivity contribution is 6.34. The Hall–Kier alpha value is -1.26. The van der Waals surface area contributed by atoms with Crippen molar-refractivity contribution in [3.8, 4) is 5.69 Å². The van der Waals surface area contributed by atoms with E-state index in [2.05, 4.69) is 10.1 Å². The second-order valence-electron chi connectivity index (χ2n) is 2.64. The van der Waals surface area contributed by atoms with Crippen LogP contribution in [-0.2, 0) is 0 Å². The Morgan fingerprint density at radius 2 is 2.07 bits per heavy atom. The quantitative estimate of drug-likeness (QED) is 0.814. The molecule has 0 saturated heterocycles. The van der Waals surface area contributed by atoms with Gasteiger partial charge in [-0.3, -0.25) is 0 Å². The molecule has 1 heterocycles. The number of nitrogen functional groups attached to an aromatic ring is 1. The zero-order valence-electron chi connectivity index (χ0n) is 6.98. The third-order valence-corrected chi connectivity index (χ3v) is 2.22. The lowest BCUT2D eigenvalue weighted by Crippen LogP contribution is -1.97. The number of hydrogen-bond donors (Lipinski definition) is 1. The van der Waals surface area contributed by atoms with Crippen LogP contribution in [0, 0.1) is 0 Å². The normalized spacial score (nSPS) is 10.4. The number of halogens is 2. The Bertz CT molecular complexity index is 466. The molecule has 1 aromatic carbocycles. The maximum absolute atomic E-state index is 5.95. The van der Waals surface area contributed by atoms with Crippen molar-refractivity contribution in [1.29, 1.82) is 0 Å². The molecular weight excluding hydrogens is 223 g/mol. The third kappa shape index (κ3) is 1.66. The number of hydrogen-bond acceptors (Lipinski definition) is 3. The van der Waals surface area contributed by atoms with Crippen LogP contribution >= 0.6 is 23.2 Å². The van der Waals surface area contributed by atoms with Crippen LogP contribution in [0.2, 0.25) is 10.0 Å². The third-order valence-electron chi connectivity index (χ3n) is 1.66. The highest BCUT2D eigenvalue weighted by Gasteiger charge is 2.05. The maximum atomic E-state index is 5.95. The number of aromatic nitrogens is 3. The summed E-state index contributed by atoms with van der Waals surface area (Å²) in [7, 11) is 0. The summed E-state index contributed by atoms with van der Waals surface area (Å²) in [5, 5.41) is 5.05. The fourth-order valence-electron chi connectivity index (χ4n) is 1.05. The van der Waals surface area contributed by atoms with Gasteiger partial charge in [-0.1, -0.05) is 23.2 Å². The van der Waals surface area contributed by atoms with Crippen LogP contribution in [0.5, 0.6) is 0 Å². The Morgan fingerprint density at radius 3 is 2.71 bits per heavy atom. The molecule has 0 aliphatic rings. The van der Waals surface area contributed by atoms with E-state index in [0.717, 1.165) is 0 Å². The first-order chi connectivity index (χ1) is 6.66. The van der Waals surface area contributed by atoms with Crippen LogP contribution in [0.15, 0.2) is 24.5 Å². The van der Waals surface area contributed by atoms with Crippen molar-refractivity contribution in [2.24, 2.45) is 0 Å². The van der Waals surface area contributed by atoms with E-state index in [1.165, 1.54) is 11.0 Å². The summed E-state index contributed by atoms with van der Waals surface area (Å²) in [6.07, 6.45) is 1.48. The molecule has 0 spiro atoms. The second-order valence-corrected chi connectivity index (χ2v) is 3.49. The van der Waals surface area contributed by atoms with Gasteiger partial charge in [-0.15, -0.1) is 5.10 Å². The van der Waals surface area contributed by atoms with Gasteiger partial charge in [-0.05, 0) is 18.2 Å². The van der Waals surface area contributed by atoms with Crippen LogP contribution in [0.1, 0.15) is 0 Å². The predicted octanol–water partition coefficient (Wildman–Crippen LogP) is 2.16. The molecule has 14 heavy (non-hydrogen) atoms. The summed E-state index contributed by atoms with van der Waals surface area (Å²) in [6, 6.07) is 5.09. The molecule has 0 bridgehead atoms. The van der Waals surface area contributed by atoms with Gasteiger partial charge in [0.15, 0.2) is 0 Å². The fourth-order valence-corrected chi connectivity index (χ4v) is 1.42. The molecule has 0 radical (unpaired) electrons. The molecule has 1 aromatic heterocycles. The molecule has 2 rings (SSSR count). The van der Waals surface area contributed by atoms with Gasteiger partial charge in [-0.2, -0.15) is 0 Å². The van der Waals surface area contributed by atoms with E-state index in [0.29, 0.717) is 15.7 Å². The van der Waals surface area contributed by atoms with E-state index in [1.54, 1.807) is 18.2 Å². The average molecular weight is 229 g/mol. The number of anilines is 1. The van der Waals surface area contributed by atoms with Gasteiger partial charge in [-0.25, -0.2) is 9.67 Å². The van der Waals surface area contributed by atoms with Gasteiger partial charge < -0.3 is 5.73 Å². The summed E-state index contributed by atoms with van der Waals surface area (Å²) < 4.78 is 1.48. The van der Waals surface area contributed by atoms with E-state index in [9.17, 15) is 0 Å². The molecule has 2 N–H and O–H groups in total. The van der Waals surface area contributed by atoms with E-state index < -0.39 is 0 Å². The topological polar surface area (TPSA) is 56.7 Å². The molecule has 0 atom stereocenters. The lowest BCUT2D eigenvalue weighted by atomic mass is 10.3. The first-order valence-corrected chi connectivity index (χ1v) is 4.55. The lowest BCUT2D eigenvalue weighted by molar-refractivity contribution is 0.883. The van der Waals surface area contributed by atoms with Gasteiger partial charge >= 0.3 is 0 Å². The zero-order valence-corrected chi connectivity index (χ0v) is 8.50. The number of nitrogens with two attached hydrogens (primary N) is 1. The molecular formula is C8H6Cl2N4. The molecule has 2 aromatic rings. The number of rotatable bonds is 1. The average Bonchev–Trinajstić information content (AvgIpc) is 2.56. The Balaban J connectivity index is 2.55. The molecule has 0 aliphatic heterocycles. The lowest BCUT2D eigenvalue weighted by Gasteiger charge is -2.02. The minimum absolute atomic E-state index is 0.195. The number of nitrogens with zero attached hydrogens (tertiary/aromatic N) is 3. The summed E-state index contributed by atoms with van der Waals surface area (Å²) >= 11 is 11.8. The van der Waals surface area contributed by atoms with Crippen LogP contribution in [0.3, 0.4) is 0 Å². The number of benzene rings is 1. The molecule has 72 valence electrons. The van der Waals surface area contributed by atoms with Crippen molar-refractivity contribution >= 4 is 29.2 Å². The molecule has 6 heteroatoms. The van der Waals surface area contributed by atoms with E-state index >= 15 is 0 Å². The minimum atomic E-state index is 0.195.